The molecule has 0 aromatic heterocycles. The summed E-state index contributed by atoms with van der Waals surface area (Å²) in [5.74, 6) is -6.08. The van der Waals surface area contributed by atoms with Crippen molar-refractivity contribution in [1.82, 2.24) is 20.9 Å². The van der Waals surface area contributed by atoms with Crippen molar-refractivity contribution < 1.29 is 28.8 Å². The maximum absolute atomic E-state index is 11.4. The molecule has 10 nitrogen and oxygen atoms in total. The molecule has 2 heterocycles. The molecule has 2 N–H and O–H groups in total. The molecule has 6 amide bonds. The van der Waals surface area contributed by atoms with Crippen LogP contribution in [0.3, 0.4) is 0 Å². The van der Waals surface area contributed by atoms with Crippen LogP contribution in [0, 0.1) is 0 Å². The van der Waals surface area contributed by atoms with E-state index in [0.29, 0.717) is 10.0 Å². The van der Waals surface area contributed by atoms with E-state index in [1.54, 1.807) is 10.9 Å². The van der Waals surface area contributed by atoms with E-state index in [9.17, 15) is 28.8 Å². The zero-order chi connectivity index (χ0) is 14.9. The molecule has 0 atom stereocenters. The SMILES string of the molecule is O=C(NN1C(=O)C=CC1=O)C(=O)NN1C(=O)C=CC1=O. The first-order chi connectivity index (χ1) is 9.40. The van der Waals surface area contributed by atoms with Gasteiger partial charge in [-0.2, -0.15) is 10.0 Å². The van der Waals surface area contributed by atoms with Crippen LogP contribution in [0.1, 0.15) is 0 Å². The van der Waals surface area contributed by atoms with Gasteiger partial charge in [-0.3, -0.25) is 28.8 Å². The summed E-state index contributed by atoms with van der Waals surface area (Å²) >= 11 is 0. The number of hydrogen-bond acceptors (Lipinski definition) is 6. The lowest BCUT2D eigenvalue weighted by molar-refractivity contribution is -0.155. The summed E-state index contributed by atoms with van der Waals surface area (Å²) in [6.07, 6.45) is 3.60. The molecule has 2 rings (SSSR count). The summed E-state index contributed by atoms with van der Waals surface area (Å²) in [6.45, 7) is 0. The van der Waals surface area contributed by atoms with Gasteiger partial charge in [0.15, 0.2) is 0 Å². The van der Waals surface area contributed by atoms with Crippen LogP contribution in [-0.4, -0.2) is 45.5 Å². The minimum absolute atomic E-state index is 0.313. The number of imide groups is 2. The molecule has 0 aromatic rings. The molecule has 0 bridgehead atoms. The molecule has 0 spiro atoms. The van der Waals surface area contributed by atoms with Crippen molar-refractivity contribution in [3.8, 4) is 0 Å². The molecule has 0 radical (unpaired) electrons. The zero-order valence-electron chi connectivity index (χ0n) is 9.65. The van der Waals surface area contributed by atoms with Crippen molar-refractivity contribution in [3.05, 3.63) is 24.3 Å². The minimum Gasteiger partial charge on any atom is -0.267 e. The van der Waals surface area contributed by atoms with Crippen molar-refractivity contribution in [2.24, 2.45) is 0 Å². The standard InChI is InChI=1S/C10H6N4O6/c15-5-1-2-6(16)13(5)11-9(19)10(20)12-14-7(17)3-4-8(14)18/h1-4H,(H,11,19)(H,12,20). The van der Waals surface area contributed by atoms with Gasteiger partial charge in [0.25, 0.3) is 23.6 Å². The Balaban J connectivity index is 1.95. The van der Waals surface area contributed by atoms with E-state index in [-0.39, 0.29) is 0 Å². The lowest BCUT2D eigenvalue weighted by Gasteiger charge is -2.17. The van der Waals surface area contributed by atoms with E-state index in [0.717, 1.165) is 24.3 Å². The van der Waals surface area contributed by atoms with Gasteiger partial charge >= 0.3 is 11.8 Å². The molecule has 20 heavy (non-hydrogen) atoms. The van der Waals surface area contributed by atoms with Crippen molar-refractivity contribution in [2.45, 2.75) is 0 Å². The minimum atomic E-state index is -1.39. The van der Waals surface area contributed by atoms with Gasteiger partial charge in [0.1, 0.15) is 0 Å². The fourth-order valence-corrected chi connectivity index (χ4v) is 1.33. The quantitative estimate of drug-likeness (QED) is 0.406. The van der Waals surface area contributed by atoms with Crippen LogP contribution < -0.4 is 10.9 Å². The number of nitrogens with one attached hydrogen (secondary N) is 2. The summed E-state index contributed by atoms with van der Waals surface area (Å²) in [6, 6.07) is 0. The topological polar surface area (TPSA) is 133 Å². The highest BCUT2D eigenvalue weighted by Crippen LogP contribution is 2.01. The van der Waals surface area contributed by atoms with Crippen molar-refractivity contribution >= 4 is 35.4 Å². The monoisotopic (exact) mass is 278 g/mol. The number of hydrogen-bond donors (Lipinski definition) is 2. The molecule has 0 aliphatic carbocycles. The summed E-state index contributed by atoms with van der Waals surface area (Å²) in [7, 11) is 0. The van der Waals surface area contributed by atoms with E-state index in [1.807, 2.05) is 0 Å². The summed E-state index contributed by atoms with van der Waals surface area (Å²) in [5.41, 5.74) is 3.47. The summed E-state index contributed by atoms with van der Waals surface area (Å²) in [4.78, 5) is 67.4. The third-order valence-electron chi connectivity index (χ3n) is 2.25. The molecular weight excluding hydrogens is 272 g/mol. The van der Waals surface area contributed by atoms with Gasteiger partial charge in [0, 0.05) is 24.3 Å². The first-order valence-electron chi connectivity index (χ1n) is 5.14. The number of rotatable bonds is 2. The predicted molar refractivity (Wildman–Crippen MR) is 58.3 cm³/mol. The average Bonchev–Trinajstić information content (AvgIpc) is 2.88. The van der Waals surface area contributed by atoms with Gasteiger partial charge in [-0.1, -0.05) is 0 Å². The first-order valence-corrected chi connectivity index (χ1v) is 5.14. The van der Waals surface area contributed by atoms with Gasteiger partial charge in [0.05, 0.1) is 0 Å². The number of nitrogens with zero attached hydrogens (tertiary/aromatic N) is 2. The molecule has 0 aromatic carbocycles. The molecule has 0 fully saturated rings. The van der Waals surface area contributed by atoms with Crippen LogP contribution in [0.5, 0.6) is 0 Å². The van der Waals surface area contributed by atoms with Crippen LogP contribution in [0.15, 0.2) is 24.3 Å². The molecule has 0 unspecified atom stereocenters. The largest absolute Gasteiger partial charge is 0.330 e. The number of carbonyl (C=O) groups is 6. The van der Waals surface area contributed by atoms with Crippen molar-refractivity contribution in [3.63, 3.8) is 0 Å². The average molecular weight is 278 g/mol. The smallest absolute Gasteiger partial charge is 0.267 e. The molecule has 102 valence electrons. The van der Waals surface area contributed by atoms with E-state index < -0.39 is 35.4 Å². The first kappa shape index (κ1) is 13.1. The lowest BCUT2D eigenvalue weighted by atomic mass is 10.5. The fourth-order valence-electron chi connectivity index (χ4n) is 1.33. The van der Waals surface area contributed by atoms with Gasteiger partial charge in [0.2, 0.25) is 0 Å². The van der Waals surface area contributed by atoms with E-state index >= 15 is 0 Å². The van der Waals surface area contributed by atoms with Gasteiger partial charge in [-0.25, -0.2) is 10.9 Å². The Kier molecular flexibility index (Phi) is 3.13. The number of hydrazine groups is 2. The third-order valence-corrected chi connectivity index (χ3v) is 2.25. The highest BCUT2D eigenvalue weighted by Gasteiger charge is 2.31. The number of carbonyl (C=O) groups excluding carboxylic acids is 6. The maximum Gasteiger partial charge on any atom is 0.330 e. The van der Waals surface area contributed by atoms with Crippen molar-refractivity contribution in [2.75, 3.05) is 0 Å². The van der Waals surface area contributed by atoms with Crippen LogP contribution in [0.25, 0.3) is 0 Å². The van der Waals surface area contributed by atoms with Gasteiger partial charge in [-0.15, -0.1) is 0 Å². The van der Waals surface area contributed by atoms with Gasteiger partial charge < -0.3 is 0 Å². The molecule has 2 aliphatic rings. The maximum atomic E-state index is 11.4. The zero-order valence-corrected chi connectivity index (χ0v) is 9.65. The third kappa shape index (κ3) is 2.29. The fraction of sp³-hybridized carbons (Fsp3) is 0. The van der Waals surface area contributed by atoms with Gasteiger partial charge in [-0.05, 0) is 0 Å². The number of amides is 6. The molecule has 2 aliphatic heterocycles. The predicted octanol–water partition coefficient (Wildman–Crippen LogP) is -3.10. The Morgan fingerprint density at radius 3 is 1.15 bits per heavy atom. The van der Waals surface area contributed by atoms with Crippen LogP contribution in [-0.2, 0) is 28.8 Å². The second-order valence-electron chi connectivity index (χ2n) is 3.57. The van der Waals surface area contributed by atoms with Crippen LogP contribution in [0.4, 0.5) is 0 Å². The Labute approximate surface area is 110 Å². The summed E-state index contributed by atoms with van der Waals surface area (Å²) < 4.78 is 0. The Hall–Kier alpha value is -3.30. The van der Waals surface area contributed by atoms with E-state index in [2.05, 4.69) is 0 Å². The Bertz CT molecular complexity index is 529. The van der Waals surface area contributed by atoms with Crippen LogP contribution in [0.2, 0.25) is 0 Å². The summed E-state index contributed by atoms with van der Waals surface area (Å²) in [5, 5.41) is 0.627. The molecule has 0 saturated heterocycles. The Morgan fingerprint density at radius 1 is 0.650 bits per heavy atom. The molecular formula is C10H6N4O6. The van der Waals surface area contributed by atoms with Crippen LogP contribution >= 0.6 is 0 Å². The van der Waals surface area contributed by atoms with Crippen molar-refractivity contribution in [1.29, 1.82) is 0 Å². The lowest BCUT2D eigenvalue weighted by Crippen LogP contribution is -2.55. The Morgan fingerprint density at radius 2 is 0.900 bits per heavy atom. The highest BCUT2D eigenvalue weighted by molar-refractivity contribution is 6.36. The second-order valence-corrected chi connectivity index (χ2v) is 3.57. The van der Waals surface area contributed by atoms with E-state index in [1.165, 1.54) is 0 Å². The molecule has 10 heteroatoms. The second kappa shape index (κ2) is 4.76. The van der Waals surface area contributed by atoms with E-state index in [4.69, 9.17) is 0 Å². The molecule has 0 saturated carbocycles. The normalized spacial score (nSPS) is 17.2. The highest BCUT2D eigenvalue weighted by atomic mass is 16.2.